The molecule has 0 heteroatoms. The first-order valence-electron chi connectivity index (χ1n) is 7.63. The third kappa shape index (κ3) is 1.30. The van der Waals surface area contributed by atoms with Gasteiger partial charge >= 0.3 is 0 Å². The SMILES string of the molecule is Cc1cc2cccc3cc4c5c(ccc1c5c23)C=CC4C. The molecule has 5 rings (SSSR count). The Labute approximate surface area is 124 Å². The summed E-state index contributed by atoms with van der Waals surface area (Å²) in [6.07, 6.45) is 4.61. The third-order valence-corrected chi connectivity index (χ3v) is 5.07. The Bertz CT molecular complexity index is 1050. The fourth-order valence-electron chi connectivity index (χ4n) is 4.04. The van der Waals surface area contributed by atoms with Crippen LogP contribution in [0.25, 0.3) is 38.4 Å². The van der Waals surface area contributed by atoms with E-state index in [9.17, 15) is 0 Å². The highest BCUT2D eigenvalue weighted by Gasteiger charge is 2.19. The second kappa shape index (κ2) is 3.65. The van der Waals surface area contributed by atoms with Crippen LogP contribution in [-0.4, -0.2) is 0 Å². The van der Waals surface area contributed by atoms with Crippen LogP contribution in [-0.2, 0) is 0 Å². The van der Waals surface area contributed by atoms with Gasteiger partial charge in [0.25, 0.3) is 0 Å². The van der Waals surface area contributed by atoms with E-state index in [1.165, 1.54) is 49.0 Å². The number of benzene rings is 4. The van der Waals surface area contributed by atoms with Gasteiger partial charge in [0.1, 0.15) is 0 Å². The van der Waals surface area contributed by atoms with Crippen LogP contribution in [0.15, 0.2) is 48.5 Å². The van der Waals surface area contributed by atoms with Crippen molar-refractivity contribution in [2.45, 2.75) is 19.8 Å². The van der Waals surface area contributed by atoms with E-state index in [0.717, 1.165) is 0 Å². The van der Waals surface area contributed by atoms with Crippen LogP contribution in [0, 0.1) is 6.92 Å². The fourth-order valence-corrected chi connectivity index (χ4v) is 4.04. The molecule has 4 aromatic rings. The summed E-state index contributed by atoms with van der Waals surface area (Å²) in [6, 6.07) is 16.0. The van der Waals surface area contributed by atoms with Gasteiger partial charge in [0.05, 0.1) is 0 Å². The van der Waals surface area contributed by atoms with Crippen LogP contribution in [0.3, 0.4) is 0 Å². The summed E-state index contributed by atoms with van der Waals surface area (Å²) in [5.41, 5.74) is 4.22. The molecule has 1 atom stereocenters. The monoisotopic (exact) mass is 268 g/mol. The largest absolute Gasteiger partial charge is 0.0766 e. The molecule has 0 heterocycles. The minimum Gasteiger partial charge on any atom is -0.0766 e. The summed E-state index contributed by atoms with van der Waals surface area (Å²) in [4.78, 5) is 0. The molecule has 0 fully saturated rings. The van der Waals surface area contributed by atoms with E-state index in [-0.39, 0.29) is 0 Å². The van der Waals surface area contributed by atoms with Gasteiger partial charge in [-0.05, 0) is 67.9 Å². The Morgan fingerprint density at radius 2 is 1.67 bits per heavy atom. The molecule has 0 aliphatic heterocycles. The summed E-state index contributed by atoms with van der Waals surface area (Å²) in [7, 11) is 0. The van der Waals surface area contributed by atoms with Crippen molar-refractivity contribution in [1.29, 1.82) is 0 Å². The Morgan fingerprint density at radius 3 is 2.52 bits per heavy atom. The molecular formula is C21H16. The predicted octanol–water partition coefficient (Wildman–Crippen LogP) is 6.02. The highest BCUT2D eigenvalue weighted by molar-refractivity contribution is 6.26. The van der Waals surface area contributed by atoms with E-state index in [4.69, 9.17) is 0 Å². The van der Waals surface area contributed by atoms with Crippen molar-refractivity contribution in [2.75, 3.05) is 0 Å². The van der Waals surface area contributed by atoms with Crippen molar-refractivity contribution in [3.8, 4) is 0 Å². The van der Waals surface area contributed by atoms with E-state index in [1.807, 2.05) is 0 Å². The first kappa shape index (κ1) is 11.3. The second-order valence-electron chi connectivity index (χ2n) is 6.34. The lowest BCUT2D eigenvalue weighted by molar-refractivity contribution is 0.982. The average Bonchev–Trinajstić information content (AvgIpc) is 2.50. The zero-order valence-electron chi connectivity index (χ0n) is 12.3. The van der Waals surface area contributed by atoms with E-state index < -0.39 is 0 Å². The second-order valence-corrected chi connectivity index (χ2v) is 6.34. The van der Waals surface area contributed by atoms with Crippen LogP contribution < -0.4 is 0 Å². The van der Waals surface area contributed by atoms with Gasteiger partial charge in [-0.15, -0.1) is 0 Å². The highest BCUT2D eigenvalue weighted by Crippen LogP contribution is 2.43. The first-order chi connectivity index (χ1) is 10.2. The van der Waals surface area contributed by atoms with Gasteiger partial charge in [-0.3, -0.25) is 0 Å². The normalized spacial score (nSPS) is 17.3. The minimum atomic E-state index is 0.493. The van der Waals surface area contributed by atoms with Crippen LogP contribution in [0.4, 0.5) is 0 Å². The van der Waals surface area contributed by atoms with Gasteiger partial charge in [-0.2, -0.15) is 0 Å². The maximum absolute atomic E-state index is 2.40. The first-order valence-corrected chi connectivity index (χ1v) is 7.63. The minimum absolute atomic E-state index is 0.493. The lowest BCUT2D eigenvalue weighted by atomic mass is 9.81. The number of rotatable bonds is 0. The zero-order valence-corrected chi connectivity index (χ0v) is 12.3. The Morgan fingerprint density at radius 1 is 0.857 bits per heavy atom. The maximum atomic E-state index is 2.40. The van der Waals surface area contributed by atoms with Crippen LogP contribution >= 0.6 is 0 Å². The summed E-state index contributed by atoms with van der Waals surface area (Å²) < 4.78 is 0. The number of aryl methyl sites for hydroxylation is 1. The summed E-state index contributed by atoms with van der Waals surface area (Å²) in [6.45, 7) is 4.53. The molecule has 100 valence electrons. The number of allylic oxidation sites excluding steroid dienone is 1. The number of hydrogen-bond donors (Lipinski definition) is 0. The summed E-state index contributed by atoms with van der Waals surface area (Å²) in [5, 5.41) is 8.51. The topological polar surface area (TPSA) is 0 Å². The van der Waals surface area contributed by atoms with Gasteiger partial charge in [-0.25, -0.2) is 0 Å². The molecule has 0 nitrogen and oxygen atoms in total. The van der Waals surface area contributed by atoms with E-state index in [2.05, 4.69) is 68.5 Å². The molecule has 0 spiro atoms. The summed E-state index contributed by atoms with van der Waals surface area (Å²) >= 11 is 0. The standard InChI is InChI=1S/C21H16/c1-12-6-7-14-8-9-17-13(2)10-15-4-3-5-16-11-18(12)20(14)21(17)19(15)16/h3-12H,1-2H3. The Kier molecular flexibility index (Phi) is 1.97. The van der Waals surface area contributed by atoms with Crippen molar-refractivity contribution >= 4 is 38.4 Å². The molecule has 21 heavy (non-hydrogen) atoms. The zero-order chi connectivity index (χ0) is 14.1. The van der Waals surface area contributed by atoms with Crippen molar-refractivity contribution in [2.24, 2.45) is 0 Å². The van der Waals surface area contributed by atoms with Crippen LogP contribution in [0.1, 0.15) is 29.5 Å². The molecule has 0 aromatic heterocycles. The lowest BCUT2D eigenvalue weighted by Crippen LogP contribution is -2.00. The quantitative estimate of drug-likeness (QED) is 0.342. The van der Waals surface area contributed by atoms with E-state index >= 15 is 0 Å². The average molecular weight is 268 g/mol. The molecule has 0 saturated heterocycles. The van der Waals surface area contributed by atoms with Gasteiger partial charge in [0, 0.05) is 0 Å². The molecule has 0 radical (unpaired) electrons. The van der Waals surface area contributed by atoms with Crippen molar-refractivity contribution < 1.29 is 0 Å². The van der Waals surface area contributed by atoms with Crippen molar-refractivity contribution in [1.82, 2.24) is 0 Å². The van der Waals surface area contributed by atoms with Gasteiger partial charge in [0.15, 0.2) is 0 Å². The van der Waals surface area contributed by atoms with Crippen molar-refractivity contribution in [3.63, 3.8) is 0 Å². The highest BCUT2D eigenvalue weighted by atomic mass is 14.2. The molecule has 1 unspecified atom stereocenters. The molecule has 0 bridgehead atoms. The molecule has 0 amide bonds. The Hall–Kier alpha value is -2.34. The summed E-state index contributed by atoms with van der Waals surface area (Å²) in [5.74, 6) is 0.493. The van der Waals surface area contributed by atoms with Gasteiger partial charge in [0.2, 0.25) is 0 Å². The molecule has 4 aromatic carbocycles. The predicted molar refractivity (Wildman–Crippen MR) is 92.3 cm³/mol. The third-order valence-electron chi connectivity index (χ3n) is 5.07. The number of hydrogen-bond acceptors (Lipinski definition) is 0. The molecule has 0 saturated carbocycles. The van der Waals surface area contributed by atoms with E-state index in [1.54, 1.807) is 0 Å². The molecule has 0 N–H and O–H groups in total. The van der Waals surface area contributed by atoms with Gasteiger partial charge in [-0.1, -0.05) is 55.5 Å². The lowest BCUT2D eigenvalue weighted by Gasteiger charge is -2.22. The van der Waals surface area contributed by atoms with E-state index in [0.29, 0.717) is 5.92 Å². The van der Waals surface area contributed by atoms with Crippen LogP contribution in [0.2, 0.25) is 0 Å². The smallest absolute Gasteiger partial charge is 0.0000504 e. The molecule has 1 aliphatic carbocycles. The maximum Gasteiger partial charge on any atom is -0.0000504 e. The van der Waals surface area contributed by atoms with Crippen molar-refractivity contribution in [3.05, 3.63) is 65.2 Å². The fraction of sp³-hybridized carbons (Fsp3) is 0.143. The van der Waals surface area contributed by atoms with Crippen LogP contribution in [0.5, 0.6) is 0 Å². The molecular weight excluding hydrogens is 252 g/mol. The van der Waals surface area contributed by atoms with Gasteiger partial charge < -0.3 is 0 Å². The Balaban J connectivity index is 2.22. The molecule has 1 aliphatic rings.